The van der Waals surface area contributed by atoms with Crippen LogP contribution in [0.25, 0.3) is 0 Å². The van der Waals surface area contributed by atoms with E-state index >= 15 is 0 Å². The second-order valence-electron chi connectivity index (χ2n) is 7.20. The third-order valence-corrected chi connectivity index (χ3v) is 4.90. The number of piperidine rings is 1. The van der Waals surface area contributed by atoms with Crippen LogP contribution in [-0.4, -0.2) is 76.4 Å². The molecule has 1 fully saturated rings. The fourth-order valence-electron chi connectivity index (χ4n) is 3.31. The van der Waals surface area contributed by atoms with Crippen LogP contribution in [0.5, 0.6) is 5.75 Å². The van der Waals surface area contributed by atoms with E-state index in [9.17, 15) is 9.18 Å². The molecule has 31 heavy (non-hydrogen) atoms. The number of hydrogen-bond donors (Lipinski definition) is 3. The maximum atomic E-state index is 13.9. The average Bonchev–Trinajstić information content (AvgIpc) is 2.74. The monoisotopic (exact) mass is 551 g/mol. The van der Waals surface area contributed by atoms with E-state index in [1.165, 1.54) is 13.2 Å². The molecular weight excluding hydrogens is 516 g/mol. The lowest BCUT2D eigenvalue weighted by molar-refractivity contribution is -0.119. The number of methoxy groups -OCH3 is 2. The Morgan fingerprint density at radius 3 is 2.61 bits per heavy atom. The van der Waals surface area contributed by atoms with Gasteiger partial charge in [-0.2, -0.15) is 0 Å². The van der Waals surface area contributed by atoms with Crippen molar-refractivity contribution >= 4 is 35.8 Å². The van der Waals surface area contributed by atoms with Gasteiger partial charge in [-0.05, 0) is 37.5 Å². The number of amides is 1. The first-order chi connectivity index (χ1) is 14.5. The molecule has 8 nitrogen and oxygen atoms in total. The molecule has 1 heterocycles. The van der Waals surface area contributed by atoms with E-state index in [4.69, 9.17) is 9.47 Å². The van der Waals surface area contributed by atoms with Gasteiger partial charge in [-0.15, -0.1) is 24.0 Å². The summed E-state index contributed by atoms with van der Waals surface area (Å²) in [6, 6.07) is 5.39. The number of aliphatic imine (C=N–C) groups is 1. The number of guanidine groups is 1. The molecular formula is C21H35FIN5O3. The van der Waals surface area contributed by atoms with Gasteiger partial charge in [0.2, 0.25) is 5.91 Å². The van der Waals surface area contributed by atoms with E-state index in [1.54, 1.807) is 13.2 Å². The molecule has 0 unspecified atom stereocenters. The highest BCUT2D eigenvalue weighted by molar-refractivity contribution is 14.0. The quantitative estimate of drug-likeness (QED) is 0.178. The number of rotatable bonds is 10. The zero-order valence-electron chi connectivity index (χ0n) is 18.6. The number of nitrogens with zero attached hydrogens (tertiary/aromatic N) is 2. The van der Waals surface area contributed by atoms with Gasteiger partial charge in [0, 0.05) is 45.9 Å². The molecule has 1 aliphatic heterocycles. The molecule has 1 saturated heterocycles. The minimum absolute atomic E-state index is 0. The van der Waals surface area contributed by atoms with E-state index in [0.29, 0.717) is 25.7 Å². The van der Waals surface area contributed by atoms with Gasteiger partial charge in [-0.1, -0.05) is 6.07 Å². The maximum absolute atomic E-state index is 13.9. The van der Waals surface area contributed by atoms with Crippen LogP contribution >= 0.6 is 24.0 Å². The summed E-state index contributed by atoms with van der Waals surface area (Å²) in [5.74, 6) is 0.453. The Hall–Kier alpha value is -1.66. The molecule has 0 aromatic heterocycles. The van der Waals surface area contributed by atoms with Gasteiger partial charge in [-0.3, -0.25) is 9.69 Å². The van der Waals surface area contributed by atoms with Gasteiger partial charge >= 0.3 is 0 Å². The Bertz CT molecular complexity index is 700. The summed E-state index contributed by atoms with van der Waals surface area (Å²) in [6.07, 6.45) is 1.90. The van der Waals surface area contributed by atoms with Crippen LogP contribution in [0.3, 0.4) is 0 Å². The van der Waals surface area contributed by atoms with Crippen molar-refractivity contribution in [2.24, 2.45) is 4.99 Å². The summed E-state index contributed by atoms with van der Waals surface area (Å²) in [7, 11) is 3.06. The lowest BCUT2D eigenvalue weighted by atomic mass is 10.0. The number of benzene rings is 1. The number of likely N-dealkylation sites (tertiary alicyclic amines) is 1. The Labute approximate surface area is 201 Å². The van der Waals surface area contributed by atoms with Gasteiger partial charge < -0.3 is 25.4 Å². The summed E-state index contributed by atoms with van der Waals surface area (Å²) in [6.45, 7) is 6.27. The standard InChI is InChI=1S/C21H34FN5O3.HI/c1-4-23-21(25-14-20(28)24-9-12-29-2)26-17-7-10-27(11-8-17)15-16-5-6-19(30-3)18(22)13-16;/h5-6,13,17H,4,7-12,14-15H2,1-3H3,(H,24,28)(H2,23,25,26);1H. The molecule has 0 atom stereocenters. The van der Waals surface area contributed by atoms with Crippen LogP contribution in [0.1, 0.15) is 25.3 Å². The molecule has 0 aliphatic carbocycles. The zero-order chi connectivity index (χ0) is 21.8. The summed E-state index contributed by atoms with van der Waals surface area (Å²) >= 11 is 0. The summed E-state index contributed by atoms with van der Waals surface area (Å²) in [5.41, 5.74) is 0.939. The number of carbonyl (C=O) groups excluding carboxylic acids is 1. The average molecular weight is 551 g/mol. The Morgan fingerprint density at radius 2 is 2.00 bits per heavy atom. The normalized spacial score (nSPS) is 15.2. The van der Waals surface area contributed by atoms with Crippen LogP contribution in [0.15, 0.2) is 23.2 Å². The number of ether oxygens (including phenoxy) is 2. The minimum atomic E-state index is -0.329. The van der Waals surface area contributed by atoms with Gasteiger partial charge in [-0.25, -0.2) is 9.38 Å². The van der Waals surface area contributed by atoms with Crippen molar-refractivity contribution in [3.8, 4) is 5.75 Å². The number of hydrogen-bond acceptors (Lipinski definition) is 5. The maximum Gasteiger partial charge on any atom is 0.241 e. The van der Waals surface area contributed by atoms with E-state index in [-0.39, 0.29) is 54.0 Å². The first kappa shape index (κ1) is 27.4. The predicted octanol–water partition coefficient (Wildman–Crippen LogP) is 1.73. The van der Waals surface area contributed by atoms with Crippen molar-refractivity contribution in [2.75, 3.05) is 53.6 Å². The lowest BCUT2D eigenvalue weighted by Crippen LogP contribution is -2.48. The highest BCUT2D eigenvalue weighted by Crippen LogP contribution is 2.20. The number of nitrogens with one attached hydrogen (secondary N) is 3. The van der Waals surface area contributed by atoms with Gasteiger partial charge in [0.15, 0.2) is 17.5 Å². The van der Waals surface area contributed by atoms with E-state index in [0.717, 1.165) is 38.0 Å². The van der Waals surface area contributed by atoms with Crippen LogP contribution in [0, 0.1) is 5.82 Å². The molecule has 3 N–H and O–H groups in total. The van der Waals surface area contributed by atoms with Crippen LogP contribution in [-0.2, 0) is 16.1 Å². The summed E-state index contributed by atoms with van der Waals surface area (Å²) < 4.78 is 23.8. The fraction of sp³-hybridized carbons (Fsp3) is 0.619. The number of halogens is 2. The van der Waals surface area contributed by atoms with Crippen molar-refractivity contribution in [1.29, 1.82) is 0 Å². The number of carbonyl (C=O) groups is 1. The van der Waals surface area contributed by atoms with E-state index in [1.807, 2.05) is 13.0 Å². The topological polar surface area (TPSA) is 87.2 Å². The highest BCUT2D eigenvalue weighted by Gasteiger charge is 2.20. The van der Waals surface area contributed by atoms with Crippen molar-refractivity contribution in [3.05, 3.63) is 29.6 Å². The van der Waals surface area contributed by atoms with Crippen LogP contribution < -0.4 is 20.7 Å². The lowest BCUT2D eigenvalue weighted by Gasteiger charge is -2.33. The van der Waals surface area contributed by atoms with Crippen molar-refractivity contribution < 1.29 is 18.7 Å². The Morgan fingerprint density at radius 1 is 1.26 bits per heavy atom. The van der Waals surface area contributed by atoms with Gasteiger partial charge in [0.05, 0.1) is 13.7 Å². The van der Waals surface area contributed by atoms with Crippen molar-refractivity contribution in [1.82, 2.24) is 20.9 Å². The Kier molecular flexibility index (Phi) is 13.4. The first-order valence-electron chi connectivity index (χ1n) is 10.4. The second-order valence-corrected chi connectivity index (χ2v) is 7.20. The van der Waals surface area contributed by atoms with E-state index < -0.39 is 0 Å². The molecule has 0 bridgehead atoms. The molecule has 0 saturated carbocycles. The van der Waals surface area contributed by atoms with Crippen molar-refractivity contribution in [2.45, 2.75) is 32.4 Å². The highest BCUT2D eigenvalue weighted by atomic mass is 127. The molecule has 2 rings (SSSR count). The molecule has 1 aromatic rings. The first-order valence-corrected chi connectivity index (χ1v) is 10.4. The SMILES string of the molecule is CCNC(=NCC(=O)NCCOC)NC1CCN(Cc2ccc(OC)c(F)c2)CC1.I. The van der Waals surface area contributed by atoms with Gasteiger partial charge in [0.1, 0.15) is 6.54 Å². The molecule has 1 aliphatic rings. The smallest absolute Gasteiger partial charge is 0.241 e. The molecule has 0 spiro atoms. The predicted molar refractivity (Wildman–Crippen MR) is 131 cm³/mol. The Balaban J connectivity index is 0.00000480. The van der Waals surface area contributed by atoms with Crippen LogP contribution in [0.4, 0.5) is 4.39 Å². The third-order valence-electron chi connectivity index (χ3n) is 4.90. The largest absolute Gasteiger partial charge is 0.494 e. The zero-order valence-corrected chi connectivity index (χ0v) is 20.9. The molecule has 1 aromatic carbocycles. The summed E-state index contributed by atoms with van der Waals surface area (Å²) in [5, 5.41) is 9.36. The molecule has 0 radical (unpaired) electrons. The molecule has 1 amide bonds. The van der Waals surface area contributed by atoms with E-state index in [2.05, 4.69) is 25.8 Å². The van der Waals surface area contributed by atoms with Crippen molar-refractivity contribution in [3.63, 3.8) is 0 Å². The third kappa shape index (κ3) is 10.0. The minimum Gasteiger partial charge on any atom is -0.494 e. The fourth-order valence-corrected chi connectivity index (χ4v) is 3.31. The van der Waals surface area contributed by atoms with Crippen LogP contribution in [0.2, 0.25) is 0 Å². The molecule has 176 valence electrons. The second kappa shape index (κ2) is 15.2. The van der Waals surface area contributed by atoms with Gasteiger partial charge in [0.25, 0.3) is 0 Å². The molecule has 10 heteroatoms. The summed E-state index contributed by atoms with van der Waals surface area (Å²) in [4.78, 5) is 18.5.